The molecule has 6 heterocycles. The number of H-pyrrole nitrogens is 3. The molecule has 10 aromatic rings. The van der Waals surface area contributed by atoms with E-state index >= 15 is 0 Å². The van der Waals surface area contributed by atoms with Crippen molar-refractivity contribution < 1.29 is 14.6 Å². The van der Waals surface area contributed by atoms with Gasteiger partial charge in [0.15, 0.2) is 33.5 Å². The Kier molecular flexibility index (Phi) is 19.5. The molecule has 4 aliphatic rings. The van der Waals surface area contributed by atoms with Crippen LogP contribution in [-0.2, 0) is 19.6 Å². The number of carboxylic acids is 1. The zero-order chi connectivity index (χ0) is 67.1. The minimum atomic E-state index is -0.940. The van der Waals surface area contributed by atoms with Gasteiger partial charge in [-0.3, -0.25) is 14.4 Å². The van der Waals surface area contributed by atoms with Crippen molar-refractivity contribution in [2.45, 2.75) is 86.0 Å². The summed E-state index contributed by atoms with van der Waals surface area (Å²) in [6.07, 6.45) is 4.89. The standard InChI is InChI=1S/C26H29N5O2.C26H25N5O.C23H23N5O3/c1-17-14-21-22(15-23(17)33-20-10-6-7-11-20)31(13-12-27-16-19-8-4-3-5-9-19)25-24(30-21)26(32)29-18(2)28-25;1-16-12-22-23(13-17(16)2)31(25-24(30-22)26(32)29-18(3)28-25)11-10-27-15-19-8-9-20-6-4-5-7-21(20)14-19;1-13-10-18-19(11-14(13)2)28(21-20(27-18)22(29)26-15(3)25-21)9-8-24-12-16-4-6-17(7-5-16)23(30)31/h3-5,8-9,14-15,20,27H,2,6-7,10-13,16H2,1H3,(H,29,32);4-9,12-14,27H,3,10-11,15H2,1-2H3,(H,29,32);4-7,10-11,24H,3,8-9,12H2,1-2H3,(H,26,29)(H,30,31). The van der Waals surface area contributed by atoms with E-state index in [9.17, 15) is 19.2 Å². The number of fused-ring (bicyclic) bond motifs is 7. The Balaban J connectivity index is 0.000000138. The lowest BCUT2D eigenvalue weighted by molar-refractivity contribution is 0.0696. The van der Waals surface area contributed by atoms with Crippen LogP contribution in [0, 0.1) is 34.6 Å². The first-order chi connectivity index (χ1) is 46.4. The molecule has 0 unspecified atom stereocenters. The van der Waals surface area contributed by atoms with E-state index in [0.29, 0.717) is 83.9 Å². The highest BCUT2D eigenvalue weighted by molar-refractivity contribution is 5.87. The number of benzene rings is 7. The van der Waals surface area contributed by atoms with Gasteiger partial charge in [-0.15, -0.1) is 0 Å². The molecule has 0 amide bonds. The molecular formula is C75H77N15O6. The molecule has 3 aliphatic heterocycles. The Bertz CT molecular complexity index is 5170. The first kappa shape index (κ1) is 65.1. The predicted octanol–water partition coefficient (Wildman–Crippen LogP) is 7.83. The summed E-state index contributed by atoms with van der Waals surface area (Å²) in [5.41, 5.74) is 14.5. The van der Waals surface area contributed by atoms with E-state index in [-0.39, 0.29) is 33.7 Å². The molecule has 0 spiro atoms. The average molecular weight is 1280 g/mol. The van der Waals surface area contributed by atoms with E-state index in [2.05, 4.69) is 177 Å². The third-order valence-corrected chi connectivity index (χ3v) is 17.5. The van der Waals surface area contributed by atoms with Gasteiger partial charge in [0, 0.05) is 65.0 Å². The number of aromatic amines is 3. The number of hydrogen-bond acceptors (Lipinski definition) is 17. The summed E-state index contributed by atoms with van der Waals surface area (Å²) in [5.74, 6) is 1.53. The van der Waals surface area contributed by atoms with Crippen LogP contribution in [0.1, 0.15) is 80.5 Å². The van der Waals surface area contributed by atoms with Crippen molar-refractivity contribution in [2.75, 3.05) is 54.0 Å². The second-order valence-electron chi connectivity index (χ2n) is 24.5. The average Bonchev–Trinajstić information content (AvgIpc) is 0.838. The highest BCUT2D eigenvalue weighted by Gasteiger charge is 2.28. The highest BCUT2D eigenvalue weighted by Crippen LogP contribution is 2.41. The molecule has 7 N–H and O–H groups in total. The highest BCUT2D eigenvalue weighted by atomic mass is 16.5. The number of aromatic carboxylic acids is 1. The third-order valence-electron chi connectivity index (χ3n) is 17.5. The fourth-order valence-corrected chi connectivity index (χ4v) is 12.2. The molecule has 21 heteroatoms. The zero-order valence-electron chi connectivity index (χ0n) is 54.6. The molecule has 14 rings (SSSR count). The first-order valence-electron chi connectivity index (χ1n) is 32.3. The maximum absolute atomic E-state index is 12.6. The first-order valence-corrected chi connectivity index (χ1v) is 32.3. The van der Waals surface area contributed by atoms with Crippen molar-refractivity contribution >= 4 is 88.1 Å². The second-order valence-corrected chi connectivity index (χ2v) is 24.5. The van der Waals surface area contributed by atoms with Crippen LogP contribution in [0.2, 0.25) is 0 Å². The monoisotopic (exact) mass is 1280 g/mol. The van der Waals surface area contributed by atoms with Crippen molar-refractivity contribution in [1.82, 2.24) is 45.9 Å². The van der Waals surface area contributed by atoms with E-state index in [1.165, 1.54) is 40.3 Å². The minimum Gasteiger partial charge on any atom is -0.490 e. The van der Waals surface area contributed by atoms with Crippen LogP contribution in [0.15, 0.2) is 163 Å². The minimum absolute atomic E-state index is 0.264. The number of aryl methyl sites for hydroxylation is 5. The van der Waals surface area contributed by atoms with Crippen LogP contribution in [0.3, 0.4) is 0 Å². The fraction of sp³-hybridized carbons (Fsp3) is 0.253. The molecule has 96 heavy (non-hydrogen) atoms. The third kappa shape index (κ3) is 14.7. The zero-order valence-corrected chi connectivity index (χ0v) is 54.6. The number of aromatic nitrogens is 6. The van der Waals surface area contributed by atoms with Crippen molar-refractivity contribution in [3.05, 3.63) is 247 Å². The normalized spacial score (nSPS) is 13.2. The summed E-state index contributed by atoms with van der Waals surface area (Å²) in [4.78, 5) is 90.0. The van der Waals surface area contributed by atoms with Crippen LogP contribution in [0.4, 0.5) is 51.6 Å². The maximum atomic E-state index is 12.6. The van der Waals surface area contributed by atoms with Crippen LogP contribution < -0.4 is 84.6 Å². The van der Waals surface area contributed by atoms with Crippen molar-refractivity contribution in [3.63, 3.8) is 0 Å². The van der Waals surface area contributed by atoms with E-state index in [1.807, 2.05) is 62.1 Å². The summed E-state index contributed by atoms with van der Waals surface area (Å²) in [7, 11) is 0. The summed E-state index contributed by atoms with van der Waals surface area (Å²) in [6, 6.07) is 44.2. The van der Waals surface area contributed by atoms with Gasteiger partial charge in [-0.05, 0) is 164 Å². The van der Waals surface area contributed by atoms with Gasteiger partial charge in [-0.25, -0.2) is 34.7 Å². The number of anilines is 6. The smallest absolute Gasteiger partial charge is 0.335 e. The topological polar surface area (TPSA) is 267 Å². The number of nitrogens with one attached hydrogen (secondary N) is 6. The van der Waals surface area contributed by atoms with Gasteiger partial charge in [0.2, 0.25) is 0 Å². The number of hydrogen-bond donors (Lipinski definition) is 7. The molecule has 488 valence electrons. The van der Waals surface area contributed by atoms with Crippen LogP contribution >= 0.6 is 0 Å². The fourth-order valence-electron chi connectivity index (χ4n) is 12.2. The van der Waals surface area contributed by atoms with Gasteiger partial charge in [-0.2, -0.15) is 0 Å². The molecule has 1 saturated carbocycles. The van der Waals surface area contributed by atoms with Crippen molar-refractivity contribution in [1.29, 1.82) is 0 Å². The molecule has 21 nitrogen and oxygen atoms in total. The molecule has 1 fully saturated rings. The number of rotatable bonds is 18. The Morgan fingerprint density at radius 3 is 1.35 bits per heavy atom. The Morgan fingerprint density at radius 2 is 0.885 bits per heavy atom. The van der Waals surface area contributed by atoms with Crippen molar-refractivity contribution in [2.24, 2.45) is 15.0 Å². The molecule has 0 radical (unpaired) electrons. The maximum Gasteiger partial charge on any atom is 0.335 e. The molecule has 7 aromatic carbocycles. The Hall–Kier alpha value is -11.0. The number of carboxylic acid groups (broad SMARTS) is 1. The van der Waals surface area contributed by atoms with Gasteiger partial charge in [-0.1, -0.05) is 98.6 Å². The van der Waals surface area contributed by atoms with Gasteiger partial charge >= 0.3 is 5.97 Å². The van der Waals surface area contributed by atoms with Gasteiger partial charge in [0.05, 0.1) is 45.8 Å². The van der Waals surface area contributed by atoms with Crippen LogP contribution in [0.5, 0.6) is 5.75 Å². The summed E-state index contributed by atoms with van der Waals surface area (Å²) < 4.78 is 6.35. The van der Waals surface area contributed by atoms with Gasteiger partial charge in [0.25, 0.3) is 16.7 Å². The number of nitrogens with zero attached hydrogens (tertiary/aromatic N) is 9. The van der Waals surface area contributed by atoms with E-state index in [1.54, 1.807) is 24.3 Å². The lowest BCUT2D eigenvalue weighted by Crippen LogP contribution is -2.43. The second kappa shape index (κ2) is 28.7. The largest absolute Gasteiger partial charge is 0.490 e. The summed E-state index contributed by atoms with van der Waals surface area (Å²) >= 11 is 0. The predicted molar refractivity (Wildman–Crippen MR) is 378 cm³/mol. The van der Waals surface area contributed by atoms with Gasteiger partial charge in [0.1, 0.15) is 22.2 Å². The van der Waals surface area contributed by atoms with E-state index in [4.69, 9.17) is 9.84 Å². The molecule has 1 aliphatic carbocycles. The summed E-state index contributed by atoms with van der Waals surface area (Å²) in [6.45, 7) is 27.7. The van der Waals surface area contributed by atoms with Crippen molar-refractivity contribution in [3.8, 4) is 5.75 Å². The Labute approximate surface area is 553 Å². The lowest BCUT2D eigenvalue weighted by atomic mass is 10.1. The van der Waals surface area contributed by atoms with Crippen LogP contribution in [0.25, 0.3) is 30.5 Å². The lowest BCUT2D eigenvalue weighted by Gasteiger charge is -2.29. The van der Waals surface area contributed by atoms with Crippen LogP contribution in [-0.4, -0.2) is 86.4 Å². The molecular weight excluding hydrogens is 1210 g/mol. The quantitative estimate of drug-likeness (QED) is 0.0404. The Morgan fingerprint density at radius 1 is 0.490 bits per heavy atom. The number of carbonyl (C=O) groups is 1. The summed E-state index contributed by atoms with van der Waals surface area (Å²) in [5, 5.41) is 22.8. The van der Waals surface area contributed by atoms with Gasteiger partial charge < -0.3 is 55.4 Å². The van der Waals surface area contributed by atoms with E-state index in [0.717, 1.165) is 100 Å². The van der Waals surface area contributed by atoms with E-state index < -0.39 is 5.97 Å². The molecule has 3 aromatic heterocycles. The molecule has 0 bridgehead atoms. The number of ether oxygens (including phenoxy) is 1. The molecule has 0 saturated heterocycles. The SMILES string of the molecule is C=c1nc2c(c(=O)[nH]1)=Nc1cc(C)c(C)cc1N2CCNCc1ccc(C(=O)O)cc1.C=c1nc2c(c(=O)[nH]1)=Nc1cc(C)c(C)cc1N2CCNCc1ccc2ccccc2c1.C=c1nc2c(c(=O)[nH]1)=Nc1cc(C)c(OC3CCCC3)cc1N2CCNCc1ccccc1. The molecule has 0 atom stereocenters.